The SMILES string of the molecule is CC(C)(C)NC(=O)[C@H]1CC[C@H]2[C@@H]3CC[C@H]4NC(=O)C=C[C@]4(C)[C@H]3CC[C@]12C.CCC1=C[C@@H]2C[N@](C1)Cc1c([nH]c3ccccc13)[C@@](C(=O)OC)(c1cc3c(cc1OC)N(C)[C@H]1[C@@](O)(C(=O)OC)[C@H](OC(C)=O)[C@]4(CC)C=CCN5CC[C@]31[C@@H]54)C2.OCCN1CCN(CCCN2c3ccccc3Sc3ccc(C(F)(F)F)cc32)CC1. The van der Waals surface area contributed by atoms with Crippen molar-refractivity contribution < 1.29 is 66.3 Å². The molecule has 0 radical (unpaired) electrons. The summed E-state index contributed by atoms with van der Waals surface area (Å²) in [6.45, 7) is 26.4. The highest BCUT2D eigenvalue weighted by molar-refractivity contribution is 7.99. The lowest BCUT2D eigenvalue weighted by atomic mass is 9.47. The Morgan fingerprint density at radius 1 is 0.772 bits per heavy atom. The van der Waals surface area contributed by atoms with Gasteiger partial charge >= 0.3 is 24.1 Å². The van der Waals surface area contributed by atoms with E-state index in [0.29, 0.717) is 86.7 Å². The van der Waals surface area contributed by atoms with E-state index in [1.807, 2.05) is 66.2 Å². The fourth-order valence-corrected chi connectivity index (χ4v) is 25.2. The van der Waals surface area contributed by atoms with Gasteiger partial charge in [-0.2, -0.15) is 13.2 Å². The van der Waals surface area contributed by atoms with Crippen molar-refractivity contribution in [2.75, 3.05) is 117 Å². The Kier molecular flexibility index (Phi) is 22.1. The molecule has 2 bridgehead atoms. The van der Waals surface area contributed by atoms with E-state index in [4.69, 9.17) is 24.1 Å². The third kappa shape index (κ3) is 13.6. The fourth-order valence-electron chi connectivity index (χ4n) is 24.1. The van der Waals surface area contributed by atoms with Crippen molar-refractivity contribution in [3.63, 3.8) is 0 Å². The number of likely N-dealkylation sites (N-methyl/N-ethyl adjacent to an activating group) is 1. The number of nitrogens with zero attached hydrogens (tertiary/aromatic N) is 6. The second-order valence-corrected chi connectivity index (χ2v) is 37.1. The molecule has 9 heterocycles. The number of aromatic nitrogens is 1. The van der Waals surface area contributed by atoms with Crippen LogP contribution >= 0.6 is 11.8 Å². The predicted octanol–water partition coefficient (Wildman–Crippen LogP) is 12.9. The molecule has 1 spiro atoms. The highest BCUT2D eigenvalue weighted by Crippen LogP contribution is 2.70. The van der Waals surface area contributed by atoms with Crippen LogP contribution in [-0.2, 0) is 61.7 Å². The van der Waals surface area contributed by atoms with Gasteiger partial charge in [-0.25, -0.2) is 4.79 Å². The molecule has 20 nitrogen and oxygen atoms in total. The van der Waals surface area contributed by atoms with Crippen molar-refractivity contribution in [3.05, 3.63) is 143 Å². The zero-order chi connectivity index (χ0) is 81.0. The van der Waals surface area contributed by atoms with E-state index >= 15 is 4.79 Å². The number of para-hydroxylation sites is 2. The number of hydrogen-bond acceptors (Lipinski definition) is 18. The van der Waals surface area contributed by atoms with Gasteiger partial charge in [0, 0.05) is 163 Å². The minimum Gasteiger partial charge on any atom is -0.496 e. The van der Waals surface area contributed by atoms with Gasteiger partial charge in [0.15, 0.2) is 6.10 Å². The average molecular weight is 1590 g/mol. The van der Waals surface area contributed by atoms with Gasteiger partial charge in [0.2, 0.25) is 17.4 Å². The lowest BCUT2D eigenvalue weighted by Gasteiger charge is -2.63. The Labute approximate surface area is 673 Å². The molecule has 4 aliphatic carbocycles. The van der Waals surface area contributed by atoms with Crippen molar-refractivity contribution in [3.8, 4) is 5.75 Å². The summed E-state index contributed by atoms with van der Waals surface area (Å²) in [5, 5.41) is 29.9. The number of aromatic amines is 1. The highest BCUT2D eigenvalue weighted by Gasteiger charge is 2.81. The number of hydrogen-bond donors (Lipinski definition) is 5. The number of amides is 2. The minimum atomic E-state index is -4.35. The molecule has 12 aliphatic rings. The summed E-state index contributed by atoms with van der Waals surface area (Å²) in [6.07, 6.45) is 14.9. The zero-order valence-electron chi connectivity index (χ0n) is 68.4. The predicted molar refractivity (Wildman–Crippen MR) is 435 cm³/mol. The van der Waals surface area contributed by atoms with Crippen LogP contribution in [0.3, 0.4) is 0 Å². The number of aliphatic hydroxyl groups excluding tert-OH is 1. The molecule has 2 amide bonds. The number of nitrogens with one attached hydrogen (secondary N) is 3. The first-order valence-corrected chi connectivity index (χ1v) is 42.3. The van der Waals surface area contributed by atoms with Crippen LogP contribution in [0.15, 0.2) is 125 Å². The standard InChI is InChI=1S/C45H54N4O8.C23H36N2O2.C22H26F3N3OS/c1-8-27-19-28-22-44(40(51)55-6,36-30(25-48(23-27)24-28)29-13-10-11-14-33(29)46-36)32-20-31-34(21-35(32)54-5)47(4)38-43(31)16-18-49-17-12-15-42(9-2,37(43)49)39(57-26(3)50)45(38,53)41(52)56-7;1-21(2,3)25-20(27)17-8-7-15-14-6-9-18-23(5,13-11-19(26)24-18)16(14)10-12-22(15,17)4;23-22(24,25)17-6-7-21-19(16-17)28(18-4-1-2-5-20(18)30-21)9-3-8-26-10-12-27(13-11-26)14-15-29/h10-15,19-21,28,37-39,46,53H,8-9,16-18,22-25H2,1-7H3;11,13-18H,6-10,12H2,1-5H3,(H,24,26)(H,25,27);1-2,4-7,16,29H,3,8-15H2/t28-,37-,38+,39+,42+,43+,44-,45-;14-,15-,16-,17+,18+,22-,23+;/m00./s1. The van der Waals surface area contributed by atoms with E-state index in [1.54, 1.807) is 19.3 Å². The van der Waals surface area contributed by atoms with Crippen LogP contribution < -0.4 is 25.2 Å². The van der Waals surface area contributed by atoms with Gasteiger partial charge in [-0.3, -0.25) is 33.9 Å². The molecule has 2 saturated heterocycles. The number of esters is 3. The molecule has 8 aliphatic heterocycles. The molecular formula is C90H116F3N9O11S. The van der Waals surface area contributed by atoms with Gasteiger partial charge in [0.25, 0.3) is 0 Å². The lowest BCUT2D eigenvalue weighted by molar-refractivity contribution is -0.228. The van der Waals surface area contributed by atoms with E-state index in [2.05, 4.69) is 119 Å². The van der Waals surface area contributed by atoms with Gasteiger partial charge in [0.05, 0.1) is 50.9 Å². The second-order valence-electron chi connectivity index (χ2n) is 36.0. The highest BCUT2D eigenvalue weighted by atomic mass is 32.2. The van der Waals surface area contributed by atoms with Crippen molar-refractivity contribution in [2.24, 2.45) is 45.8 Å². The van der Waals surface area contributed by atoms with Crippen LogP contribution in [0.5, 0.6) is 5.75 Å². The molecule has 5 aromatic rings. The summed E-state index contributed by atoms with van der Waals surface area (Å²) in [4.78, 5) is 86.6. The summed E-state index contributed by atoms with van der Waals surface area (Å²) >= 11 is 1.53. The van der Waals surface area contributed by atoms with Gasteiger partial charge < -0.3 is 59.5 Å². The van der Waals surface area contributed by atoms with E-state index in [-0.39, 0.29) is 64.7 Å². The van der Waals surface area contributed by atoms with Crippen molar-refractivity contribution in [1.29, 1.82) is 0 Å². The molecule has 0 unspecified atom stereocenters. The Balaban J connectivity index is 0.000000150. The monoisotopic (exact) mass is 1590 g/mol. The van der Waals surface area contributed by atoms with Crippen LogP contribution in [0.2, 0.25) is 0 Å². The normalized spacial score (nSPS) is 33.0. The molecule has 17 rings (SSSR count). The molecule has 24 heteroatoms. The molecule has 4 saturated carbocycles. The largest absolute Gasteiger partial charge is 0.496 e. The van der Waals surface area contributed by atoms with Crippen LogP contribution in [0.1, 0.15) is 154 Å². The van der Waals surface area contributed by atoms with Gasteiger partial charge in [-0.1, -0.05) is 99.7 Å². The number of aliphatic hydroxyl groups is 2. The summed E-state index contributed by atoms with van der Waals surface area (Å²) in [5.74, 6) is 1.10. The van der Waals surface area contributed by atoms with E-state index in [1.165, 1.54) is 69.9 Å². The number of halogens is 3. The van der Waals surface area contributed by atoms with Gasteiger partial charge in [-0.15, -0.1) is 0 Å². The smallest absolute Gasteiger partial charge is 0.416 e. The first-order valence-electron chi connectivity index (χ1n) is 41.5. The fraction of sp³-hybridized carbons (Fsp3) is 0.589. The molecule has 4 aromatic carbocycles. The van der Waals surface area contributed by atoms with Crippen LogP contribution in [0.25, 0.3) is 10.9 Å². The number of piperazine rings is 1. The summed E-state index contributed by atoms with van der Waals surface area (Å²) in [5.41, 5.74) is 2.09. The zero-order valence-corrected chi connectivity index (χ0v) is 69.2. The number of carbonyl (C=O) groups is 5. The average Bonchev–Trinajstić information content (AvgIpc) is 1.26. The third-order valence-corrected chi connectivity index (χ3v) is 30.1. The first-order chi connectivity index (χ1) is 54.4. The number of carbonyl (C=O) groups excluding carboxylic acids is 5. The maximum Gasteiger partial charge on any atom is 0.416 e. The maximum atomic E-state index is 15.2. The van der Waals surface area contributed by atoms with Crippen molar-refractivity contribution in [1.82, 2.24) is 35.2 Å². The Morgan fingerprint density at radius 2 is 1.50 bits per heavy atom. The minimum absolute atomic E-state index is 0.0284. The number of anilines is 3. The first kappa shape index (κ1) is 81.4. The number of fused-ring (bicyclic) bond motifs is 13. The van der Waals surface area contributed by atoms with Crippen LogP contribution in [-0.4, -0.2) is 207 Å². The summed E-state index contributed by atoms with van der Waals surface area (Å²) in [7, 11) is 6.22. The van der Waals surface area contributed by atoms with Crippen molar-refractivity contribution >= 4 is 69.4 Å². The number of ether oxygens (including phenoxy) is 4. The van der Waals surface area contributed by atoms with E-state index < -0.39 is 57.7 Å². The molecular weight excluding hydrogens is 1470 g/mol. The lowest BCUT2D eigenvalue weighted by Crippen LogP contribution is -2.81. The second kappa shape index (κ2) is 31.0. The number of benzene rings is 4. The number of H-pyrrole nitrogens is 1. The quantitative estimate of drug-likeness (QED) is 0.0396. The third-order valence-electron chi connectivity index (χ3n) is 29.0. The Hall–Kier alpha value is -7.71. The summed E-state index contributed by atoms with van der Waals surface area (Å²) < 4.78 is 63.8. The summed E-state index contributed by atoms with van der Waals surface area (Å²) in [6, 6.07) is 23.4. The number of rotatable bonds is 14. The van der Waals surface area contributed by atoms with Gasteiger partial charge in [-0.05, 0) is 193 Å². The van der Waals surface area contributed by atoms with Gasteiger partial charge in [0.1, 0.15) is 11.2 Å². The number of β-amino-alcohol motifs (C(OH)–C–C–N with tert-alkyl or cyclic N) is 1. The molecule has 6 fully saturated rings. The van der Waals surface area contributed by atoms with Crippen LogP contribution in [0.4, 0.5) is 30.2 Å². The maximum absolute atomic E-state index is 15.2. The molecule has 1 aromatic heterocycles. The van der Waals surface area contributed by atoms with E-state index in [9.17, 15) is 37.5 Å². The van der Waals surface area contributed by atoms with Crippen molar-refractivity contribution in [2.45, 2.75) is 195 Å². The van der Waals surface area contributed by atoms with E-state index in [0.717, 1.165) is 127 Å². The molecule has 614 valence electrons. The topological polar surface area (TPSA) is 222 Å². The molecule has 114 heavy (non-hydrogen) atoms. The van der Waals surface area contributed by atoms with Crippen LogP contribution in [0, 0.1) is 45.8 Å². The number of alkyl halides is 3. The number of methoxy groups -OCH3 is 3. The molecule has 5 N–H and O–H groups in total. The Bertz CT molecular complexity index is 4630. The molecule has 16 atom stereocenters. The Morgan fingerprint density at radius 3 is 2.20 bits per heavy atom.